The maximum absolute atomic E-state index is 13.9. The Labute approximate surface area is 162 Å². The third-order valence-electron chi connectivity index (χ3n) is 4.66. The number of nitrogens with zero attached hydrogens (tertiary/aromatic N) is 5. The van der Waals surface area contributed by atoms with Crippen molar-refractivity contribution < 1.29 is 13.6 Å². The number of hydrogen-bond acceptors (Lipinski definition) is 6. The van der Waals surface area contributed by atoms with Gasteiger partial charge in [-0.3, -0.25) is 9.59 Å². The van der Waals surface area contributed by atoms with Crippen molar-refractivity contribution in [3.05, 3.63) is 57.5 Å². The molecule has 1 aliphatic rings. The molecule has 0 saturated carbocycles. The number of halogens is 2. The highest BCUT2D eigenvalue weighted by Crippen LogP contribution is 2.23. The second-order valence-corrected chi connectivity index (χ2v) is 7.33. The topological polar surface area (TPSA) is 70.8 Å². The molecule has 2 aromatic heterocycles. The smallest absolute Gasteiger partial charge is 0.275 e. The maximum atomic E-state index is 13.9. The monoisotopic (exact) mass is 405 g/mol. The minimum Gasteiger partial charge on any atom is -0.343 e. The lowest BCUT2D eigenvalue weighted by molar-refractivity contribution is 0.0737. The summed E-state index contributed by atoms with van der Waals surface area (Å²) in [6, 6.07) is 4.84. The number of carbonyl (C=O) groups excluding carboxylic acids is 1. The highest BCUT2D eigenvalue weighted by Gasteiger charge is 2.27. The van der Waals surface area contributed by atoms with Gasteiger partial charge in [-0.1, -0.05) is 24.3 Å². The predicted octanol–water partition coefficient (Wildman–Crippen LogP) is 1.95. The number of carbonyl (C=O) groups is 1. The zero-order valence-corrected chi connectivity index (χ0v) is 15.9. The summed E-state index contributed by atoms with van der Waals surface area (Å²) in [6.45, 7) is 3.40. The first kappa shape index (κ1) is 18.5. The van der Waals surface area contributed by atoms with E-state index in [1.165, 1.54) is 32.9 Å². The number of aromatic nitrogens is 3. The van der Waals surface area contributed by atoms with Gasteiger partial charge >= 0.3 is 0 Å². The molecule has 10 heteroatoms. The van der Waals surface area contributed by atoms with Gasteiger partial charge in [0.05, 0.1) is 0 Å². The van der Waals surface area contributed by atoms with E-state index in [1.807, 2.05) is 11.8 Å². The fourth-order valence-electron chi connectivity index (χ4n) is 3.12. The van der Waals surface area contributed by atoms with Crippen LogP contribution in [0, 0.1) is 11.6 Å². The van der Waals surface area contributed by atoms with Crippen LogP contribution in [0.25, 0.3) is 4.96 Å². The molecule has 7 nitrogen and oxygen atoms in total. The van der Waals surface area contributed by atoms with Gasteiger partial charge in [0.2, 0.25) is 10.1 Å². The number of amides is 1. The van der Waals surface area contributed by atoms with E-state index in [4.69, 9.17) is 0 Å². The van der Waals surface area contributed by atoms with Crippen molar-refractivity contribution in [1.29, 1.82) is 0 Å². The molecule has 28 heavy (non-hydrogen) atoms. The fourth-order valence-corrected chi connectivity index (χ4v) is 4.09. The van der Waals surface area contributed by atoms with Crippen LogP contribution in [0.1, 0.15) is 23.0 Å². The minimum atomic E-state index is -0.865. The molecule has 1 fully saturated rings. The molecule has 0 aliphatic carbocycles. The summed E-state index contributed by atoms with van der Waals surface area (Å²) in [5, 5.41) is 4.96. The lowest BCUT2D eigenvalue weighted by atomic mass is 10.1. The van der Waals surface area contributed by atoms with Gasteiger partial charge in [0.25, 0.3) is 11.5 Å². The van der Waals surface area contributed by atoms with E-state index in [-0.39, 0.29) is 5.56 Å². The van der Waals surface area contributed by atoms with Crippen LogP contribution in [0.15, 0.2) is 29.1 Å². The number of fused-ring (bicyclic) bond motifs is 1. The zero-order chi connectivity index (χ0) is 19.8. The molecule has 1 aromatic carbocycles. The maximum Gasteiger partial charge on any atom is 0.275 e. The Morgan fingerprint density at radius 3 is 2.50 bits per heavy atom. The second kappa shape index (κ2) is 7.27. The lowest BCUT2D eigenvalue weighted by Crippen LogP contribution is -2.49. The Morgan fingerprint density at radius 2 is 1.86 bits per heavy atom. The van der Waals surface area contributed by atoms with Gasteiger partial charge in [-0.2, -0.15) is 4.52 Å². The highest BCUT2D eigenvalue weighted by molar-refractivity contribution is 7.20. The minimum absolute atomic E-state index is 0.229. The molecule has 146 valence electrons. The SMILES string of the molecule is CCc1cc(=O)n2nc(N3CCN(C(=O)c4c(F)cccc4F)CC3)sc2n1. The van der Waals surface area contributed by atoms with Crippen molar-refractivity contribution in [2.45, 2.75) is 13.3 Å². The molecule has 3 heterocycles. The largest absolute Gasteiger partial charge is 0.343 e. The Bertz CT molecular complexity index is 1080. The van der Waals surface area contributed by atoms with Gasteiger partial charge in [0, 0.05) is 37.9 Å². The van der Waals surface area contributed by atoms with Crippen LogP contribution in [0.4, 0.5) is 13.9 Å². The van der Waals surface area contributed by atoms with E-state index >= 15 is 0 Å². The average molecular weight is 405 g/mol. The summed E-state index contributed by atoms with van der Waals surface area (Å²) in [7, 11) is 0. The van der Waals surface area contributed by atoms with Gasteiger partial charge in [-0.25, -0.2) is 13.8 Å². The molecule has 1 amide bonds. The third-order valence-corrected chi connectivity index (χ3v) is 5.63. The van der Waals surface area contributed by atoms with E-state index in [2.05, 4.69) is 10.1 Å². The summed E-state index contributed by atoms with van der Waals surface area (Å²) in [5.41, 5.74) is -0.0468. The van der Waals surface area contributed by atoms with Gasteiger partial charge in [0.15, 0.2) is 0 Å². The number of anilines is 1. The van der Waals surface area contributed by atoms with Crippen LogP contribution >= 0.6 is 11.3 Å². The predicted molar refractivity (Wildman–Crippen MR) is 101 cm³/mol. The Morgan fingerprint density at radius 1 is 1.18 bits per heavy atom. The lowest BCUT2D eigenvalue weighted by Gasteiger charge is -2.34. The van der Waals surface area contributed by atoms with E-state index in [0.717, 1.165) is 12.1 Å². The van der Waals surface area contributed by atoms with Gasteiger partial charge < -0.3 is 9.80 Å². The number of benzene rings is 1. The molecule has 3 aromatic rings. The number of piperazine rings is 1. The van der Waals surface area contributed by atoms with Crippen molar-refractivity contribution in [1.82, 2.24) is 19.5 Å². The van der Waals surface area contributed by atoms with E-state index in [0.29, 0.717) is 48.4 Å². The normalized spacial score (nSPS) is 14.7. The first-order valence-corrected chi connectivity index (χ1v) is 9.67. The van der Waals surface area contributed by atoms with E-state index < -0.39 is 23.1 Å². The standard InChI is InChI=1S/C18H17F2N5O2S/c1-2-11-10-14(26)25-17(21-11)28-18(22-25)24-8-6-23(7-9-24)16(27)15-12(19)4-3-5-13(15)20/h3-5,10H,2,6-9H2,1H3. The molecule has 1 aliphatic heterocycles. The molecule has 0 unspecified atom stereocenters. The van der Waals surface area contributed by atoms with Crippen molar-refractivity contribution >= 4 is 27.3 Å². The molecule has 0 atom stereocenters. The van der Waals surface area contributed by atoms with Crippen LogP contribution in [0.5, 0.6) is 0 Å². The van der Waals surface area contributed by atoms with E-state index in [1.54, 1.807) is 0 Å². The summed E-state index contributed by atoms with van der Waals surface area (Å²) >= 11 is 1.30. The highest BCUT2D eigenvalue weighted by atomic mass is 32.1. The summed E-state index contributed by atoms with van der Waals surface area (Å²) in [6.07, 6.45) is 0.659. The van der Waals surface area contributed by atoms with E-state index in [9.17, 15) is 18.4 Å². The van der Waals surface area contributed by atoms with Gasteiger partial charge in [-0.05, 0) is 18.6 Å². The molecule has 0 radical (unpaired) electrons. The number of rotatable bonds is 3. The molecule has 1 saturated heterocycles. The van der Waals surface area contributed by atoms with Crippen LogP contribution < -0.4 is 10.5 Å². The fraction of sp³-hybridized carbons (Fsp3) is 0.333. The molecule has 0 bridgehead atoms. The van der Waals surface area contributed by atoms with Crippen molar-refractivity contribution in [2.75, 3.05) is 31.1 Å². The zero-order valence-electron chi connectivity index (χ0n) is 15.1. The van der Waals surface area contributed by atoms with Crippen molar-refractivity contribution in [3.63, 3.8) is 0 Å². The molecular weight excluding hydrogens is 388 g/mol. The van der Waals surface area contributed by atoms with Crippen LogP contribution in [-0.4, -0.2) is 51.6 Å². The number of hydrogen-bond donors (Lipinski definition) is 0. The summed E-state index contributed by atoms with van der Waals surface area (Å²) in [4.78, 5) is 32.9. The first-order valence-electron chi connectivity index (χ1n) is 8.86. The molecule has 0 N–H and O–H groups in total. The van der Waals surface area contributed by atoms with Gasteiger partial charge in [-0.15, -0.1) is 5.10 Å². The Hall–Kier alpha value is -2.88. The quantitative estimate of drug-likeness (QED) is 0.666. The third kappa shape index (κ3) is 3.24. The van der Waals surface area contributed by atoms with Gasteiger partial charge in [0.1, 0.15) is 17.2 Å². The van der Waals surface area contributed by atoms with Crippen molar-refractivity contribution in [2.24, 2.45) is 0 Å². The first-order chi connectivity index (χ1) is 13.5. The van der Waals surface area contributed by atoms with Crippen LogP contribution in [0.2, 0.25) is 0 Å². The van der Waals surface area contributed by atoms with Crippen LogP contribution in [-0.2, 0) is 6.42 Å². The number of aryl methyl sites for hydroxylation is 1. The van der Waals surface area contributed by atoms with Crippen molar-refractivity contribution in [3.8, 4) is 0 Å². The second-order valence-electron chi connectivity index (χ2n) is 6.39. The average Bonchev–Trinajstić information content (AvgIpc) is 3.12. The molecular formula is C18H17F2N5O2S. The summed E-state index contributed by atoms with van der Waals surface area (Å²) in [5.74, 6) is -2.39. The Balaban J connectivity index is 1.51. The summed E-state index contributed by atoms with van der Waals surface area (Å²) < 4.78 is 29.0. The van der Waals surface area contributed by atoms with Crippen LogP contribution in [0.3, 0.4) is 0 Å². The molecule has 0 spiro atoms. The molecule has 4 rings (SSSR count). The Kier molecular flexibility index (Phi) is 4.80.